The second kappa shape index (κ2) is 1.37. The Morgan fingerprint density at radius 1 is 1.20 bits per heavy atom. The molecule has 0 nitrogen and oxygen atoms in total. The van der Waals surface area contributed by atoms with E-state index in [0.29, 0.717) is 0 Å². The number of rotatable bonds is 0. The molecule has 1 aliphatic rings. The third-order valence-electron chi connectivity index (χ3n) is 0.561. The van der Waals surface area contributed by atoms with Gasteiger partial charge in [-0.1, -0.05) is 0 Å². The van der Waals surface area contributed by atoms with Gasteiger partial charge in [-0.2, -0.15) is 0 Å². The zero-order chi connectivity index (χ0) is 3.86. The van der Waals surface area contributed by atoms with E-state index in [9.17, 15) is 0 Å². The van der Waals surface area contributed by atoms with Crippen LogP contribution < -0.4 is 0 Å². The first kappa shape index (κ1) is 4.37. The van der Waals surface area contributed by atoms with E-state index >= 15 is 0 Å². The summed E-state index contributed by atoms with van der Waals surface area (Å²) in [6, 6.07) is 0. The number of hydrogen-bond acceptors (Lipinski definition) is 1. The van der Waals surface area contributed by atoms with Crippen molar-refractivity contribution in [2.45, 2.75) is 9.98 Å². The van der Waals surface area contributed by atoms with Crippen molar-refractivity contribution in [2.24, 2.45) is 0 Å². The van der Waals surface area contributed by atoms with Crippen molar-refractivity contribution in [3.8, 4) is 0 Å². The fourth-order valence-corrected chi connectivity index (χ4v) is 2.04. The van der Waals surface area contributed by atoms with Crippen LogP contribution in [0.25, 0.3) is 0 Å². The first-order chi connectivity index (χ1) is 2.30. The second-order valence-corrected chi connectivity index (χ2v) is 4.83. The summed E-state index contributed by atoms with van der Waals surface area (Å²) in [6.07, 6.45) is 0. The standard InChI is InChI=1S/C2H6P2S/c3-1-2(4)5-1/h1-2H,3-4H2. The average Bonchev–Trinajstić information content (AvgIpc) is 1.79. The van der Waals surface area contributed by atoms with Crippen LogP contribution in [0.1, 0.15) is 0 Å². The van der Waals surface area contributed by atoms with Crippen molar-refractivity contribution in [3.05, 3.63) is 0 Å². The van der Waals surface area contributed by atoms with Gasteiger partial charge < -0.3 is 0 Å². The van der Waals surface area contributed by atoms with Gasteiger partial charge in [0.25, 0.3) is 0 Å². The summed E-state index contributed by atoms with van der Waals surface area (Å²) in [7, 11) is 5.50. The van der Waals surface area contributed by atoms with Crippen LogP contribution >= 0.6 is 30.2 Å². The Labute approximate surface area is 40.9 Å². The van der Waals surface area contributed by atoms with Crippen LogP contribution in [0, 0.1) is 0 Å². The summed E-state index contributed by atoms with van der Waals surface area (Å²) in [5.74, 6) is 0. The minimum absolute atomic E-state index is 0.847. The molecule has 4 unspecified atom stereocenters. The van der Waals surface area contributed by atoms with E-state index in [1.54, 1.807) is 0 Å². The molecule has 30 valence electrons. The summed E-state index contributed by atoms with van der Waals surface area (Å²) in [4.78, 5) is 1.69. The van der Waals surface area contributed by atoms with Crippen LogP contribution in [0.5, 0.6) is 0 Å². The summed E-state index contributed by atoms with van der Waals surface area (Å²) in [5, 5.41) is 0. The molecule has 0 radical (unpaired) electrons. The van der Waals surface area contributed by atoms with Gasteiger partial charge in [0.1, 0.15) is 0 Å². The quantitative estimate of drug-likeness (QED) is 0.344. The average molecular weight is 124 g/mol. The molecular weight excluding hydrogens is 118 g/mol. The molecule has 1 aliphatic heterocycles. The molecular formula is C2H6P2S. The molecule has 3 heteroatoms. The number of thioether (sulfide) groups is 1. The van der Waals surface area contributed by atoms with Crippen LogP contribution in [0.15, 0.2) is 0 Å². The smallest absolute Gasteiger partial charge is 0.0350 e. The monoisotopic (exact) mass is 124 g/mol. The van der Waals surface area contributed by atoms with E-state index in [4.69, 9.17) is 0 Å². The van der Waals surface area contributed by atoms with Gasteiger partial charge in [-0.3, -0.25) is 0 Å². The Hall–Kier alpha value is 1.21. The van der Waals surface area contributed by atoms with Gasteiger partial charge in [0.15, 0.2) is 0 Å². The van der Waals surface area contributed by atoms with Crippen LogP contribution in [-0.2, 0) is 0 Å². The molecule has 1 fully saturated rings. The van der Waals surface area contributed by atoms with Crippen LogP contribution in [0.3, 0.4) is 0 Å². The van der Waals surface area contributed by atoms with Crippen LogP contribution in [0.2, 0.25) is 0 Å². The molecule has 0 aromatic rings. The molecule has 1 rings (SSSR count). The molecule has 0 aliphatic carbocycles. The fourth-order valence-electron chi connectivity index (χ4n) is 0.136. The first-order valence-electron chi connectivity index (χ1n) is 1.47. The minimum Gasteiger partial charge on any atom is -0.144 e. The maximum atomic E-state index is 2.75. The highest BCUT2D eigenvalue weighted by atomic mass is 32.2. The third kappa shape index (κ3) is 1.03. The Kier molecular flexibility index (Phi) is 1.20. The highest BCUT2D eigenvalue weighted by Gasteiger charge is 2.28. The van der Waals surface area contributed by atoms with Crippen molar-refractivity contribution in [3.63, 3.8) is 0 Å². The molecule has 1 heterocycles. The largest absolute Gasteiger partial charge is 0.144 e. The number of hydrogen-bond donors (Lipinski definition) is 0. The summed E-state index contributed by atoms with van der Waals surface area (Å²) < 4.78 is 0. The van der Waals surface area contributed by atoms with Crippen molar-refractivity contribution in [1.29, 1.82) is 0 Å². The van der Waals surface area contributed by atoms with Gasteiger partial charge in [-0.25, -0.2) is 0 Å². The van der Waals surface area contributed by atoms with Gasteiger partial charge in [0.2, 0.25) is 0 Å². The van der Waals surface area contributed by atoms with E-state index in [2.05, 4.69) is 18.5 Å². The lowest BCUT2D eigenvalue weighted by molar-refractivity contribution is 1.55. The van der Waals surface area contributed by atoms with E-state index < -0.39 is 0 Å². The fraction of sp³-hybridized carbons (Fsp3) is 1.00. The van der Waals surface area contributed by atoms with E-state index in [1.165, 1.54) is 0 Å². The van der Waals surface area contributed by atoms with Crippen molar-refractivity contribution in [2.75, 3.05) is 0 Å². The lowest BCUT2D eigenvalue weighted by atomic mass is 11.0. The molecule has 0 N–H and O–H groups in total. The van der Waals surface area contributed by atoms with E-state index in [1.807, 2.05) is 11.8 Å². The predicted molar refractivity (Wildman–Crippen MR) is 34.6 cm³/mol. The zero-order valence-corrected chi connectivity index (χ0v) is 5.84. The Bertz CT molecular complexity index is 40.9. The molecule has 0 aromatic heterocycles. The Balaban J connectivity index is 2.20. The maximum Gasteiger partial charge on any atom is 0.0350 e. The lowest BCUT2D eigenvalue weighted by Gasteiger charge is -1.63. The van der Waals surface area contributed by atoms with Gasteiger partial charge in [-0.05, 0) is 0 Å². The summed E-state index contributed by atoms with van der Waals surface area (Å²) in [5.41, 5.74) is 0. The van der Waals surface area contributed by atoms with Crippen LogP contribution in [0.4, 0.5) is 0 Å². The van der Waals surface area contributed by atoms with Gasteiger partial charge in [0, 0.05) is 9.98 Å². The molecule has 0 aromatic carbocycles. The molecule has 4 atom stereocenters. The minimum atomic E-state index is 0.847. The second-order valence-electron chi connectivity index (χ2n) is 1.07. The van der Waals surface area contributed by atoms with Crippen molar-refractivity contribution in [1.82, 2.24) is 0 Å². The Morgan fingerprint density at radius 3 is 1.40 bits per heavy atom. The van der Waals surface area contributed by atoms with Gasteiger partial charge in [-0.15, -0.1) is 30.2 Å². The highest BCUT2D eigenvalue weighted by Crippen LogP contribution is 2.49. The van der Waals surface area contributed by atoms with Crippen molar-refractivity contribution >= 4 is 30.2 Å². The molecule has 5 heavy (non-hydrogen) atoms. The van der Waals surface area contributed by atoms with Crippen molar-refractivity contribution < 1.29 is 0 Å². The maximum absolute atomic E-state index is 2.75. The SMILES string of the molecule is PC1SC1P. The normalized spacial score (nSPS) is 49.2. The molecule has 0 amide bonds. The molecule has 0 spiro atoms. The Morgan fingerprint density at radius 2 is 1.40 bits per heavy atom. The topological polar surface area (TPSA) is 0 Å². The van der Waals surface area contributed by atoms with Gasteiger partial charge >= 0.3 is 0 Å². The third-order valence-corrected chi connectivity index (χ3v) is 4.24. The summed E-state index contributed by atoms with van der Waals surface area (Å²) >= 11 is 1.97. The van der Waals surface area contributed by atoms with E-state index in [0.717, 1.165) is 9.98 Å². The van der Waals surface area contributed by atoms with Crippen LogP contribution in [-0.4, -0.2) is 9.98 Å². The molecule has 0 bridgehead atoms. The predicted octanol–water partition coefficient (Wildman–Crippen LogP) is 1.14. The first-order valence-corrected chi connectivity index (χ1v) is 3.75. The van der Waals surface area contributed by atoms with Gasteiger partial charge in [0.05, 0.1) is 0 Å². The zero-order valence-electron chi connectivity index (χ0n) is 2.72. The molecule has 1 saturated heterocycles. The highest BCUT2D eigenvalue weighted by molar-refractivity contribution is 8.15. The lowest BCUT2D eigenvalue weighted by Crippen LogP contribution is -1.61. The molecule has 0 saturated carbocycles. The summed E-state index contributed by atoms with van der Waals surface area (Å²) in [6.45, 7) is 0. The van der Waals surface area contributed by atoms with E-state index in [-0.39, 0.29) is 0 Å².